The van der Waals surface area contributed by atoms with E-state index in [1.807, 2.05) is 91.9 Å². The number of hydrazone groups is 1. The van der Waals surface area contributed by atoms with Crippen molar-refractivity contribution in [3.8, 4) is 5.75 Å². The van der Waals surface area contributed by atoms with E-state index in [-0.39, 0.29) is 11.2 Å². The summed E-state index contributed by atoms with van der Waals surface area (Å²) in [5.74, 6) is 0.614. The molecule has 1 N–H and O–H groups in total. The normalized spacial score (nSPS) is 11.4. The Labute approximate surface area is 169 Å². The summed E-state index contributed by atoms with van der Waals surface area (Å²) in [6.07, 6.45) is 0. The molecule has 0 saturated heterocycles. The molecule has 0 bridgehead atoms. The van der Waals surface area contributed by atoms with Crippen LogP contribution in [-0.2, 0) is 4.79 Å². The van der Waals surface area contributed by atoms with Crippen molar-refractivity contribution in [1.82, 2.24) is 5.43 Å². The highest BCUT2D eigenvalue weighted by molar-refractivity contribution is 8.00. The van der Waals surface area contributed by atoms with Gasteiger partial charge in [0.2, 0.25) is 0 Å². The molecular weight excluding hydrogens is 368 g/mol. The number of thioether (sulfide) groups is 1. The van der Waals surface area contributed by atoms with Crippen LogP contribution in [0.2, 0.25) is 0 Å². The third-order valence-corrected chi connectivity index (χ3v) is 5.19. The molecule has 3 rings (SSSR count). The third kappa shape index (κ3) is 5.24. The van der Waals surface area contributed by atoms with Gasteiger partial charge in [-0.05, 0) is 25.1 Å². The number of ether oxygens (including phenoxy) is 1. The summed E-state index contributed by atoms with van der Waals surface area (Å²) >= 11 is 1.46. The largest absolute Gasteiger partial charge is 0.497 e. The van der Waals surface area contributed by atoms with Crippen LogP contribution in [0.1, 0.15) is 18.1 Å². The molecule has 1 unspecified atom stereocenters. The summed E-state index contributed by atoms with van der Waals surface area (Å²) in [6.45, 7) is 1.86. The van der Waals surface area contributed by atoms with Crippen molar-refractivity contribution < 1.29 is 9.53 Å². The minimum absolute atomic E-state index is 0.155. The standard InChI is InChI=1S/C23H22N2O2S/c1-17(28-21-15-9-14-20(16-21)27-2)23(26)25-24-22(18-10-5-3-6-11-18)19-12-7-4-8-13-19/h3-17H,1-2H3,(H,25,26). The zero-order chi connectivity index (χ0) is 19.8. The SMILES string of the molecule is COc1cccc(SC(C)C(=O)NN=C(c2ccccc2)c2ccccc2)c1. The van der Waals surface area contributed by atoms with Crippen molar-refractivity contribution in [2.24, 2.45) is 5.10 Å². The number of benzene rings is 3. The Morgan fingerprint density at radius 1 is 0.929 bits per heavy atom. The average Bonchev–Trinajstić information content (AvgIpc) is 2.75. The van der Waals surface area contributed by atoms with Crippen LogP contribution in [0.4, 0.5) is 0 Å². The van der Waals surface area contributed by atoms with Crippen LogP contribution in [0.25, 0.3) is 0 Å². The number of nitrogens with one attached hydrogen (secondary N) is 1. The summed E-state index contributed by atoms with van der Waals surface area (Å²) in [4.78, 5) is 13.6. The van der Waals surface area contributed by atoms with Crippen LogP contribution < -0.4 is 10.2 Å². The van der Waals surface area contributed by atoms with Gasteiger partial charge < -0.3 is 4.74 Å². The fourth-order valence-electron chi connectivity index (χ4n) is 2.62. The lowest BCUT2D eigenvalue weighted by molar-refractivity contribution is -0.120. The van der Waals surface area contributed by atoms with Crippen LogP contribution in [0.15, 0.2) is 94.9 Å². The molecule has 0 aromatic heterocycles. The second-order valence-electron chi connectivity index (χ2n) is 6.11. The van der Waals surface area contributed by atoms with Gasteiger partial charge in [0.25, 0.3) is 5.91 Å². The van der Waals surface area contributed by atoms with Crippen LogP contribution in [0.3, 0.4) is 0 Å². The number of rotatable bonds is 7. The van der Waals surface area contributed by atoms with Crippen LogP contribution in [0, 0.1) is 0 Å². The van der Waals surface area contributed by atoms with Crippen molar-refractivity contribution in [3.63, 3.8) is 0 Å². The van der Waals surface area contributed by atoms with E-state index < -0.39 is 0 Å². The Kier molecular flexibility index (Phi) is 6.87. The molecule has 4 nitrogen and oxygen atoms in total. The van der Waals surface area contributed by atoms with E-state index in [1.54, 1.807) is 7.11 Å². The quantitative estimate of drug-likeness (QED) is 0.360. The van der Waals surface area contributed by atoms with E-state index in [4.69, 9.17) is 4.74 Å². The van der Waals surface area contributed by atoms with Gasteiger partial charge in [0.1, 0.15) is 5.75 Å². The third-order valence-electron chi connectivity index (χ3n) is 4.10. The maximum absolute atomic E-state index is 12.6. The van der Waals surface area contributed by atoms with Crippen molar-refractivity contribution >= 4 is 23.4 Å². The van der Waals surface area contributed by atoms with Gasteiger partial charge in [-0.3, -0.25) is 4.79 Å². The molecule has 1 atom stereocenters. The molecule has 0 aliphatic rings. The van der Waals surface area contributed by atoms with Crippen molar-refractivity contribution in [2.45, 2.75) is 17.1 Å². The summed E-state index contributed by atoms with van der Waals surface area (Å²) in [7, 11) is 1.63. The Hall–Kier alpha value is -3.05. The first-order valence-electron chi connectivity index (χ1n) is 8.96. The number of hydrogen-bond acceptors (Lipinski definition) is 4. The van der Waals surface area contributed by atoms with Gasteiger partial charge in [0.05, 0.1) is 18.1 Å². The zero-order valence-corrected chi connectivity index (χ0v) is 16.6. The first kappa shape index (κ1) is 19.7. The number of carbonyl (C=O) groups excluding carboxylic acids is 1. The van der Waals surface area contributed by atoms with E-state index in [1.165, 1.54) is 11.8 Å². The summed E-state index contributed by atoms with van der Waals surface area (Å²) in [5.41, 5.74) is 5.35. The molecule has 3 aromatic rings. The van der Waals surface area contributed by atoms with Crippen LogP contribution >= 0.6 is 11.8 Å². The minimum atomic E-state index is -0.302. The molecule has 0 heterocycles. The van der Waals surface area contributed by atoms with Gasteiger partial charge >= 0.3 is 0 Å². The Morgan fingerprint density at radius 3 is 2.11 bits per heavy atom. The Morgan fingerprint density at radius 2 is 1.54 bits per heavy atom. The monoisotopic (exact) mass is 390 g/mol. The van der Waals surface area contributed by atoms with Gasteiger partial charge in [0, 0.05) is 16.0 Å². The summed E-state index contributed by atoms with van der Waals surface area (Å²) in [5, 5.41) is 4.14. The molecule has 0 aliphatic carbocycles. The molecule has 0 radical (unpaired) electrons. The Balaban J connectivity index is 1.75. The maximum atomic E-state index is 12.6. The first-order chi connectivity index (χ1) is 13.7. The molecule has 5 heteroatoms. The molecule has 28 heavy (non-hydrogen) atoms. The topological polar surface area (TPSA) is 50.7 Å². The maximum Gasteiger partial charge on any atom is 0.253 e. The summed E-state index contributed by atoms with van der Waals surface area (Å²) in [6, 6.07) is 27.3. The molecule has 0 aliphatic heterocycles. The Bertz CT molecular complexity index is 902. The first-order valence-corrected chi connectivity index (χ1v) is 9.84. The zero-order valence-electron chi connectivity index (χ0n) is 15.8. The summed E-state index contributed by atoms with van der Waals surface area (Å²) < 4.78 is 5.24. The number of carbonyl (C=O) groups is 1. The van der Waals surface area contributed by atoms with Gasteiger partial charge in [-0.2, -0.15) is 5.10 Å². The number of amides is 1. The highest BCUT2D eigenvalue weighted by atomic mass is 32.2. The fourth-order valence-corrected chi connectivity index (χ4v) is 3.53. The molecule has 3 aromatic carbocycles. The molecule has 0 fully saturated rings. The average molecular weight is 391 g/mol. The second kappa shape index (κ2) is 9.76. The van der Waals surface area contributed by atoms with Gasteiger partial charge in [-0.15, -0.1) is 11.8 Å². The number of methoxy groups -OCH3 is 1. The van der Waals surface area contributed by atoms with E-state index in [0.717, 1.165) is 27.5 Å². The van der Waals surface area contributed by atoms with Crippen LogP contribution in [0.5, 0.6) is 5.75 Å². The molecule has 1 amide bonds. The van der Waals surface area contributed by atoms with Crippen molar-refractivity contribution in [3.05, 3.63) is 96.1 Å². The van der Waals surface area contributed by atoms with Gasteiger partial charge in [0.15, 0.2) is 0 Å². The van der Waals surface area contributed by atoms with Gasteiger partial charge in [-0.1, -0.05) is 66.7 Å². The molecule has 0 saturated carbocycles. The van der Waals surface area contributed by atoms with Crippen LogP contribution in [-0.4, -0.2) is 24.0 Å². The molecule has 142 valence electrons. The highest BCUT2D eigenvalue weighted by Gasteiger charge is 2.15. The number of nitrogens with zero attached hydrogens (tertiary/aromatic N) is 1. The van der Waals surface area contributed by atoms with E-state index in [9.17, 15) is 4.79 Å². The van der Waals surface area contributed by atoms with Gasteiger partial charge in [-0.25, -0.2) is 5.43 Å². The van der Waals surface area contributed by atoms with E-state index >= 15 is 0 Å². The number of hydrogen-bond donors (Lipinski definition) is 1. The molecule has 0 spiro atoms. The van der Waals surface area contributed by atoms with Crippen molar-refractivity contribution in [2.75, 3.05) is 7.11 Å². The van der Waals surface area contributed by atoms with Crippen molar-refractivity contribution in [1.29, 1.82) is 0 Å². The lowest BCUT2D eigenvalue weighted by atomic mass is 10.0. The predicted octanol–water partition coefficient (Wildman–Crippen LogP) is 4.74. The highest BCUT2D eigenvalue weighted by Crippen LogP contribution is 2.26. The minimum Gasteiger partial charge on any atom is -0.497 e. The van der Waals surface area contributed by atoms with E-state index in [2.05, 4.69) is 10.5 Å². The smallest absolute Gasteiger partial charge is 0.253 e. The van der Waals surface area contributed by atoms with E-state index in [0.29, 0.717) is 0 Å². The second-order valence-corrected chi connectivity index (χ2v) is 7.52. The fraction of sp³-hybridized carbons (Fsp3) is 0.130. The lowest BCUT2D eigenvalue weighted by Gasteiger charge is -2.12. The lowest BCUT2D eigenvalue weighted by Crippen LogP contribution is -2.28. The molecular formula is C23H22N2O2S. The predicted molar refractivity (Wildman–Crippen MR) is 115 cm³/mol.